The zero-order valence-electron chi connectivity index (χ0n) is 10.4. The number of hydrogen-bond donors (Lipinski definition) is 4. The summed E-state index contributed by atoms with van der Waals surface area (Å²) in [6.45, 7) is 0.421. The third-order valence-corrected chi connectivity index (χ3v) is 2.49. The highest BCUT2D eigenvalue weighted by molar-refractivity contribution is 5.95. The molecule has 0 aliphatic rings. The molecule has 0 saturated heterocycles. The molecule has 1 aromatic carbocycles. The number of aromatic hydroxyl groups is 1. The number of carbonyl (C=O) groups excluding carboxylic acids is 1. The van der Waals surface area contributed by atoms with Crippen molar-refractivity contribution in [2.75, 3.05) is 6.54 Å². The van der Waals surface area contributed by atoms with E-state index in [-0.39, 0.29) is 5.56 Å². The maximum atomic E-state index is 11.7. The summed E-state index contributed by atoms with van der Waals surface area (Å²) >= 11 is 0. The minimum absolute atomic E-state index is 0.143. The van der Waals surface area contributed by atoms with Crippen LogP contribution in [0.4, 0.5) is 5.69 Å². The van der Waals surface area contributed by atoms with Crippen LogP contribution in [0.1, 0.15) is 17.3 Å². The Kier molecular flexibility index (Phi) is 4.25. The lowest BCUT2D eigenvalue weighted by atomic mass is 10.1. The summed E-state index contributed by atoms with van der Waals surface area (Å²) in [6, 6.07) is 2.95. The number of benzene rings is 1. The van der Waals surface area contributed by atoms with Gasteiger partial charge in [-0.25, -0.2) is 4.79 Å². The predicted octanol–water partition coefficient (Wildman–Crippen LogP) is -0.134. The molecule has 9 heteroatoms. The van der Waals surface area contributed by atoms with Gasteiger partial charge in [0.1, 0.15) is 0 Å². The summed E-state index contributed by atoms with van der Waals surface area (Å²) in [5.41, 5.74) is -2.95. The third-order valence-electron chi connectivity index (χ3n) is 2.49. The van der Waals surface area contributed by atoms with Gasteiger partial charge in [0.25, 0.3) is 5.91 Å². The number of phenolic OH excluding ortho intramolecular Hbond substituents is 1. The standard InChI is InChI=1S/C11H12N2O7/c1-11(18,10(16)17)5-12-9(15)6-2-3-8(14)7(4-6)13(19)20/h2-4,14,18H,5H2,1H3,(H,12,15)(H,16,17). The van der Waals surface area contributed by atoms with Crippen LogP contribution in [0.25, 0.3) is 0 Å². The molecule has 20 heavy (non-hydrogen) atoms. The first-order chi connectivity index (χ1) is 9.15. The van der Waals surface area contributed by atoms with E-state index in [0.717, 1.165) is 25.1 Å². The molecule has 0 fully saturated rings. The van der Waals surface area contributed by atoms with E-state index in [4.69, 9.17) is 5.11 Å². The van der Waals surface area contributed by atoms with Crippen molar-refractivity contribution in [3.05, 3.63) is 33.9 Å². The van der Waals surface area contributed by atoms with E-state index in [9.17, 15) is 29.9 Å². The van der Waals surface area contributed by atoms with Gasteiger partial charge in [-0.1, -0.05) is 0 Å². The van der Waals surface area contributed by atoms with Crippen LogP contribution in [-0.4, -0.2) is 44.3 Å². The number of amides is 1. The summed E-state index contributed by atoms with van der Waals surface area (Å²) < 4.78 is 0. The average molecular weight is 284 g/mol. The Bertz CT molecular complexity index is 568. The van der Waals surface area contributed by atoms with Crippen LogP contribution in [0.15, 0.2) is 18.2 Å². The van der Waals surface area contributed by atoms with Gasteiger partial charge in [-0.3, -0.25) is 14.9 Å². The molecule has 0 aliphatic carbocycles. The second kappa shape index (κ2) is 5.53. The summed E-state index contributed by atoms with van der Waals surface area (Å²) in [7, 11) is 0. The topological polar surface area (TPSA) is 150 Å². The molecule has 0 aliphatic heterocycles. The van der Waals surface area contributed by atoms with E-state index in [0.29, 0.717) is 0 Å². The van der Waals surface area contributed by atoms with Gasteiger partial charge in [0, 0.05) is 11.6 Å². The number of aliphatic carboxylic acids is 1. The van der Waals surface area contributed by atoms with Crippen LogP contribution >= 0.6 is 0 Å². The van der Waals surface area contributed by atoms with E-state index in [1.165, 1.54) is 0 Å². The smallest absolute Gasteiger partial charge is 0.337 e. The Hall–Kier alpha value is -2.68. The number of rotatable bonds is 5. The van der Waals surface area contributed by atoms with E-state index in [1.807, 2.05) is 0 Å². The lowest BCUT2D eigenvalue weighted by Gasteiger charge is -2.18. The van der Waals surface area contributed by atoms with Gasteiger partial charge in [-0.15, -0.1) is 0 Å². The molecule has 108 valence electrons. The van der Waals surface area contributed by atoms with Crippen LogP contribution in [0.5, 0.6) is 5.75 Å². The van der Waals surface area contributed by atoms with Crippen molar-refractivity contribution in [2.45, 2.75) is 12.5 Å². The molecular weight excluding hydrogens is 272 g/mol. The monoisotopic (exact) mass is 284 g/mol. The second-order valence-corrected chi connectivity index (χ2v) is 4.22. The number of nitrogens with one attached hydrogen (secondary N) is 1. The largest absolute Gasteiger partial charge is 0.502 e. The van der Waals surface area contributed by atoms with Crippen molar-refractivity contribution < 1.29 is 29.8 Å². The summed E-state index contributed by atoms with van der Waals surface area (Å²) in [4.78, 5) is 32.1. The summed E-state index contributed by atoms with van der Waals surface area (Å²) in [5, 5.41) is 40.0. The molecule has 0 radical (unpaired) electrons. The SMILES string of the molecule is CC(O)(CNC(=O)c1ccc(O)c([N+](=O)[O-])c1)C(=O)O. The first kappa shape index (κ1) is 15.4. The fourth-order valence-corrected chi connectivity index (χ4v) is 1.24. The Morgan fingerprint density at radius 1 is 1.45 bits per heavy atom. The zero-order chi connectivity index (χ0) is 15.5. The Morgan fingerprint density at radius 3 is 2.55 bits per heavy atom. The molecule has 9 nitrogen and oxygen atoms in total. The minimum atomic E-state index is -2.15. The number of phenols is 1. The molecule has 4 N–H and O–H groups in total. The number of carboxylic acid groups (broad SMARTS) is 1. The molecule has 0 spiro atoms. The maximum Gasteiger partial charge on any atom is 0.337 e. The average Bonchev–Trinajstić information content (AvgIpc) is 2.36. The molecule has 1 aromatic rings. The normalized spacial score (nSPS) is 13.3. The number of nitro benzene ring substituents is 1. The molecule has 1 amide bonds. The number of nitro groups is 1. The molecule has 1 rings (SSSR count). The molecule has 0 bridgehead atoms. The van der Waals surface area contributed by atoms with Gasteiger partial charge >= 0.3 is 11.7 Å². The molecule has 0 heterocycles. The Morgan fingerprint density at radius 2 is 2.05 bits per heavy atom. The van der Waals surface area contributed by atoms with Crippen molar-refractivity contribution in [1.29, 1.82) is 0 Å². The van der Waals surface area contributed by atoms with Gasteiger partial charge in [-0.2, -0.15) is 0 Å². The quantitative estimate of drug-likeness (QED) is 0.434. The highest BCUT2D eigenvalue weighted by Gasteiger charge is 2.30. The Labute approximate surface area is 112 Å². The summed E-state index contributed by atoms with van der Waals surface area (Å²) in [6.07, 6.45) is 0. The van der Waals surface area contributed by atoms with E-state index in [2.05, 4.69) is 5.32 Å². The number of carboxylic acids is 1. The zero-order valence-corrected chi connectivity index (χ0v) is 10.4. The van der Waals surface area contributed by atoms with Crippen molar-refractivity contribution in [1.82, 2.24) is 5.32 Å². The van der Waals surface area contributed by atoms with Crippen LogP contribution in [0.3, 0.4) is 0 Å². The summed E-state index contributed by atoms with van der Waals surface area (Å²) in [5.74, 6) is -2.92. The second-order valence-electron chi connectivity index (χ2n) is 4.22. The van der Waals surface area contributed by atoms with Crippen LogP contribution in [0, 0.1) is 10.1 Å². The van der Waals surface area contributed by atoms with Crippen LogP contribution in [-0.2, 0) is 4.79 Å². The van der Waals surface area contributed by atoms with E-state index in [1.54, 1.807) is 0 Å². The number of carbonyl (C=O) groups is 2. The Balaban J connectivity index is 2.86. The highest BCUT2D eigenvalue weighted by atomic mass is 16.6. The molecule has 0 aromatic heterocycles. The van der Waals surface area contributed by atoms with Gasteiger partial charge in [0.05, 0.1) is 11.5 Å². The van der Waals surface area contributed by atoms with E-state index < -0.39 is 40.4 Å². The third kappa shape index (κ3) is 3.42. The first-order valence-electron chi connectivity index (χ1n) is 5.36. The lowest BCUT2D eigenvalue weighted by molar-refractivity contribution is -0.385. The van der Waals surface area contributed by atoms with Crippen molar-refractivity contribution in [3.8, 4) is 5.75 Å². The highest BCUT2D eigenvalue weighted by Crippen LogP contribution is 2.26. The maximum absolute atomic E-state index is 11.7. The van der Waals surface area contributed by atoms with Gasteiger partial charge < -0.3 is 20.6 Å². The number of aliphatic hydroxyl groups is 1. The van der Waals surface area contributed by atoms with Crippen LogP contribution < -0.4 is 5.32 Å². The van der Waals surface area contributed by atoms with Crippen molar-refractivity contribution in [2.24, 2.45) is 0 Å². The van der Waals surface area contributed by atoms with Crippen LogP contribution in [0.2, 0.25) is 0 Å². The lowest BCUT2D eigenvalue weighted by Crippen LogP contribution is -2.46. The van der Waals surface area contributed by atoms with Crippen molar-refractivity contribution >= 4 is 17.6 Å². The van der Waals surface area contributed by atoms with Gasteiger partial charge in [0.15, 0.2) is 11.4 Å². The minimum Gasteiger partial charge on any atom is -0.502 e. The predicted molar refractivity (Wildman–Crippen MR) is 65.4 cm³/mol. The first-order valence-corrected chi connectivity index (χ1v) is 5.36. The fourth-order valence-electron chi connectivity index (χ4n) is 1.24. The molecule has 0 saturated carbocycles. The van der Waals surface area contributed by atoms with Gasteiger partial charge in [0.2, 0.25) is 0 Å². The molecule has 1 unspecified atom stereocenters. The molecular formula is C11H12N2O7. The molecule has 1 atom stereocenters. The number of hydrogen-bond acceptors (Lipinski definition) is 6. The van der Waals surface area contributed by atoms with Gasteiger partial charge in [-0.05, 0) is 19.1 Å². The van der Waals surface area contributed by atoms with E-state index >= 15 is 0 Å². The van der Waals surface area contributed by atoms with Crippen molar-refractivity contribution in [3.63, 3.8) is 0 Å². The number of nitrogens with zero attached hydrogens (tertiary/aromatic N) is 1. The fraction of sp³-hybridized carbons (Fsp3) is 0.273.